The standard InChI is InChI=1S/C14H16N4/c1-10-16-13(15)8-14(17-10)18-7-6-11-4-2-3-5-12(11)9-18/h2-5,8H,6-7,9H2,1H3,(H2,15,16,17). The van der Waals surface area contributed by atoms with Gasteiger partial charge in [0.25, 0.3) is 0 Å². The molecule has 18 heavy (non-hydrogen) atoms. The first kappa shape index (κ1) is 11.0. The fourth-order valence-corrected chi connectivity index (χ4v) is 2.43. The second-order valence-corrected chi connectivity index (χ2v) is 4.64. The third-order valence-electron chi connectivity index (χ3n) is 3.30. The lowest BCUT2D eigenvalue weighted by atomic mass is 10.00. The highest BCUT2D eigenvalue weighted by Crippen LogP contribution is 2.23. The molecule has 92 valence electrons. The van der Waals surface area contributed by atoms with Crippen molar-refractivity contribution in [2.24, 2.45) is 0 Å². The first-order valence-electron chi connectivity index (χ1n) is 6.15. The average Bonchev–Trinajstić information content (AvgIpc) is 2.37. The van der Waals surface area contributed by atoms with Crippen LogP contribution in [0.2, 0.25) is 0 Å². The maximum Gasteiger partial charge on any atom is 0.134 e. The summed E-state index contributed by atoms with van der Waals surface area (Å²) in [5, 5.41) is 0. The first-order chi connectivity index (χ1) is 8.72. The van der Waals surface area contributed by atoms with E-state index in [0.29, 0.717) is 5.82 Å². The molecular formula is C14H16N4. The Hall–Kier alpha value is -2.10. The number of anilines is 2. The molecule has 4 heteroatoms. The zero-order chi connectivity index (χ0) is 12.5. The minimum atomic E-state index is 0.538. The number of fused-ring (bicyclic) bond motifs is 1. The van der Waals surface area contributed by atoms with Crippen molar-refractivity contribution in [3.05, 3.63) is 47.3 Å². The Balaban J connectivity index is 1.91. The summed E-state index contributed by atoms with van der Waals surface area (Å²) in [7, 11) is 0. The van der Waals surface area contributed by atoms with Gasteiger partial charge < -0.3 is 10.6 Å². The van der Waals surface area contributed by atoms with Gasteiger partial charge in [0.15, 0.2) is 0 Å². The molecule has 0 radical (unpaired) electrons. The minimum absolute atomic E-state index is 0.538. The molecule has 1 aromatic carbocycles. The summed E-state index contributed by atoms with van der Waals surface area (Å²) < 4.78 is 0. The van der Waals surface area contributed by atoms with Gasteiger partial charge in [0.2, 0.25) is 0 Å². The Bertz CT molecular complexity index is 560. The maximum absolute atomic E-state index is 5.78. The SMILES string of the molecule is Cc1nc(N)cc(N2CCc3ccccc3C2)n1. The Labute approximate surface area is 106 Å². The van der Waals surface area contributed by atoms with Gasteiger partial charge in [-0.25, -0.2) is 9.97 Å². The van der Waals surface area contributed by atoms with E-state index in [1.165, 1.54) is 11.1 Å². The lowest BCUT2D eigenvalue weighted by Crippen LogP contribution is -2.31. The van der Waals surface area contributed by atoms with Gasteiger partial charge >= 0.3 is 0 Å². The molecule has 2 heterocycles. The molecule has 0 fully saturated rings. The highest BCUT2D eigenvalue weighted by atomic mass is 15.2. The van der Waals surface area contributed by atoms with Crippen LogP contribution >= 0.6 is 0 Å². The number of hydrogen-bond donors (Lipinski definition) is 1. The van der Waals surface area contributed by atoms with Gasteiger partial charge in [0, 0.05) is 19.2 Å². The van der Waals surface area contributed by atoms with Crippen molar-refractivity contribution < 1.29 is 0 Å². The summed E-state index contributed by atoms with van der Waals surface area (Å²) in [4.78, 5) is 10.8. The smallest absolute Gasteiger partial charge is 0.134 e. The van der Waals surface area contributed by atoms with Crippen molar-refractivity contribution in [2.75, 3.05) is 17.2 Å². The highest BCUT2D eigenvalue weighted by molar-refractivity contribution is 5.49. The first-order valence-corrected chi connectivity index (χ1v) is 6.15. The molecule has 0 aliphatic carbocycles. The lowest BCUT2D eigenvalue weighted by Gasteiger charge is -2.29. The van der Waals surface area contributed by atoms with Crippen molar-refractivity contribution in [1.29, 1.82) is 0 Å². The summed E-state index contributed by atoms with van der Waals surface area (Å²) in [6.45, 7) is 3.75. The molecular weight excluding hydrogens is 224 g/mol. The van der Waals surface area contributed by atoms with Crippen LogP contribution in [-0.2, 0) is 13.0 Å². The summed E-state index contributed by atoms with van der Waals surface area (Å²) in [6, 6.07) is 10.4. The van der Waals surface area contributed by atoms with E-state index in [2.05, 4.69) is 39.1 Å². The molecule has 2 aromatic rings. The van der Waals surface area contributed by atoms with Crippen molar-refractivity contribution in [1.82, 2.24) is 9.97 Å². The molecule has 3 rings (SSSR count). The summed E-state index contributed by atoms with van der Waals surface area (Å²) in [5.41, 5.74) is 8.59. The van der Waals surface area contributed by atoms with Crippen molar-refractivity contribution in [3.8, 4) is 0 Å². The number of rotatable bonds is 1. The molecule has 0 saturated carbocycles. The largest absolute Gasteiger partial charge is 0.384 e. The second-order valence-electron chi connectivity index (χ2n) is 4.64. The third-order valence-corrected chi connectivity index (χ3v) is 3.30. The fourth-order valence-electron chi connectivity index (χ4n) is 2.43. The topological polar surface area (TPSA) is 55.0 Å². The van der Waals surface area contributed by atoms with Crippen molar-refractivity contribution in [3.63, 3.8) is 0 Å². The van der Waals surface area contributed by atoms with Crippen LogP contribution in [0.5, 0.6) is 0 Å². The van der Waals surface area contributed by atoms with Gasteiger partial charge in [-0.05, 0) is 24.5 Å². The van der Waals surface area contributed by atoms with E-state index in [-0.39, 0.29) is 0 Å². The second kappa shape index (κ2) is 4.29. The number of benzene rings is 1. The van der Waals surface area contributed by atoms with E-state index >= 15 is 0 Å². The highest BCUT2D eigenvalue weighted by Gasteiger charge is 2.17. The minimum Gasteiger partial charge on any atom is -0.384 e. The van der Waals surface area contributed by atoms with E-state index in [9.17, 15) is 0 Å². The van der Waals surface area contributed by atoms with E-state index in [4.69, 9.17) is 5.73 Å². The van der Waals surface area contributed by atoms with E-state index in [0.717, 1.165) is 31.2 Å². The monoisotopic (exact) mass is 240 g/mol. The number of nitrogens with zero attached hydrogens (tertiary/aromatic N) is 3. The van der Waals surface area contributed by atoms with Gasteiger partial charge in [0.1, 0.15) is 17.5 Å². The molecule has 0 unspecified atom stereocenters. The van der Waals surface area contributed by atoms with Crippen LogP contribution in [0.15, 0.2) is 30.3 Å². The molecule has 0 atom stereocenters. The summed E-state index contributed by atoms with van der Waals surface area (Å²) >= 11 is 0. The molecule has 1 aliphatic heterocycles. The molecule has 0 saturated heterocycles. The van der Waals surface area contributed by atoms with Gasteiger partial charge in [-0.1, -0.05) is 24.3 Å². The molecule has 0 spiro atoms. The van der Waals surface area contributed by atoms with E-state index in [1.54, 1.807) is 0 Å². The Morgan fingerprint density at radius 3 is 2.72 bits per heavy atom. The zero-order valence-electron chi connectivity index (χ0n) is 10.4. The van der Waals surface area contributed by atoms with Crippen LogP contribution < -0.4 is 10.6 Å². The summed E-state index contributed by atoms with van der Waals surface area (Å²) in [5.74, 6) is 2.19. The molecule has 2 N–H and O–H groups in total. The predicted molar refractivity (Wildman–Crippen MR) is 72.4 cm³/mol. The molecule has 1 aromatic heterocycles. The molecule has 0 bridgehead atoms. The average molecular weight is 240 g/mol. The van der Waals surface area contributed by atoms with Gasteiger partial charge in [-0.15, -0.1) is 0 Å². The van der Waals surface area contributed by atoms with Crippen LogP contribution in [0.4, 0.5) is 11.6 Å². The Kier molecular flexibility index (Phi) is 2.63. The summed E-state index contributed by atoms with van der Waals surface area (Å²) in [6.07, 6.45) is 1.05. The third kappa shape index (κ3) is 2.01. The number of hydrogen-bond acceptors (Lipinski definition) is 4. The quantitative estimate of drug-likeness (QED) is 0.827. The fraction of sp³-hybridized carbons (Fsp3) is 0.286. The molecule has 1 aliphatic rings. The van der Waals surface area contributed by atoms with Crippen LogP contribution in [0, 0.1) is 6.92 Å². The van der Waals surface area contributed by atoms with Crippen LogP contribution in [0.1, 0.15) is 17.0 Å². The van der Waals surface area contributed by atoms with Gasteiger partial charge in [0.05, 0.1) is 0 Å². The van der Waals surface area contributed by atoms with Crippen LogP contribution in [-0.4, -0.2) is 16.5 Å². The van der Waals surface area contributed by atoms with Gasteiger partial charge in [-0.2, -0.15) is 0 Å². The van der Waals surface area contributed by atoms with Crippen LogP contribution in [0.25, 0.3) is 0 Å². The number of nitrogen functional groups attached to an aromatic ring is 1. The number of nitrogens with two attached hydrogens (primary N) is 1. The maximum atomic E-state index is 5.78. The van der Waals surface area contributed by atoms with Crippen LogP contribution in [0.3, 0.4) is 0 Å². The number of aromatic nitrogens is 2. The Morgan fingerprint density at radius 1 is 1.17 bits per heavy atom. The van der Waals surface area contributed by atoms with E-state index in [1.807, 2.05) is 13.0 Å². The van der Waals surface area contributed by atoms with Crippen molar-refractivity contribution in [2.45, 2.75) is 19.9 Å². The molecule has 0 amide bonds. The predicted octanol–water partition coefficient (Wildman–Crippen LogP) is 1.93. The van der Waals surface area contributed by atoms with Crippen molar-refractivity contribution >= 4 is 11.6 Å². The number of aryl methyl sites for hydroxylation is 1. The van der Waals surface area contributed by atoms with E-state index < -0.39 is 0 Å². The molecule has 4 nitrogen and oxygen atoms in total. The normalized spacial score (nSPS) is 14.4. The Morgan fingerprint density at radius 2 is 1.94 bits per heavy atom. The zero-order valence-corrected chi connectivity index (χ0v) is 10.4. The lowest BCUT2D eigenvalue weighted by molar-refractivity contribution is 0.717. The van der Waals surface area contributed by atoms with Gasteiger partial charge in [-0.3, -0.25) is 0 Å².